The summed E-state index contributed by atoms with van der Waals surface area (Å²) in [6.07, 6.45) is 2.27. The summed E-state index contributed by atoms with van der Waals surface area (Å²) in [5.41, 5.74) is -0.146. The molecule has 1 atom stereocenters. The number of aliphatic hydroxyl groups is 1. The van der Waals surface area contributed by atoms with Crippen molar-refractivity contribution >= 4 is 0 Å². The van der Waals surface area contributed by atoms with Crippen molar-refractivity contribution in [2.24, 2.45) is 5.92 Å². The largest absolute Gasteiger partial charge is 0.385 e. The standard InChI is InChI=1S/C13H27NO2/c1-11-5-7-14(8-6-11)9-12(15)10-16-13(2,3)4/h11-12,15H,5-10H2,1-4H3/p+1/t12-/m1/s1. The van der Waals surface area contributed by atoms with Crippen LogP contribution in [-0.2, 0) is 4.74 Å². The van der Waals surface area contributed by atoms with E-state index in [1.165, 1.54) is 30.8 Å². The third kappa shape index (κ3) is 5.83. The first-order valence-electron chi connectivity index (χ1n) is 6.52. The fraction of sp³-hybridized carbons (Fsp3) is 1.00. The maximum Gasteiger partial charge on any atom is 0.126 e. The highest BCUT2D eigenvalue weighted by Gasteiger charge is 2.22. The van der Waals surface area contributed by atoms with Crippen LogP contribution in [0.25, 0.3) is 0 Å². The molecule has 16 heavy (non-hydrogen) atoms. The Hall–Kier alpha value is -0.120. The van der Waals surface area contributed by atoms with Crippen LogP contribution in [0.4, 0.5) is 0 Å². The molecule has 0 aliphatic carbocycles. The minimum atomic E-state index is -0.317. The van der Waals surface area contributed by atoms with Gasteiger partial charge in [0.05, 0.1) is 25.3 Å². The zero-order valence-electron chi connectivity index (χ0n) is 11.3. The molecule has 1 rings (SSSR count). The van der Waals surface area contributed by atoms with E-state index in [1.54, 1.807) is 0 Å². The summed E-state index contributed by atoms with van der Waals surface area (Å²) in [7, 11) is 0. The lowest BCUT2D eigenvalue weighted by molar-refractivity contribution is -0.909. The molecule has 1 heterocycles. The number of ether oxygens (including phenoxy) is 1. The molecule has 1 saturated heterocycles. The molecule has 0 amide bonds. The van der Waals surface area contributed by atoms with Gasteiger partial charge in [-0.3, -0.25) is 0 Å². The molecule has 2 N–H and O–H groups in total. The quantitative estimate of drug-likeness (QED) is 0.736. The molecule has 3 heteroatoms. The van der Waals surface area contributed by atoms with Crippen LogP contribution in [0.2, 0.25) is 0 Å². The van der Waals surface area contributed by atoms with E-state index in [1.807, 2.05) is 20.8 Å². The minimum absolute atomic E-state index is 0.146. The number of hydrogen-bond donors (Lipinski definition) is 2. The van der Waals surface area contributed by atoms with Crippen molar-refractivity contribution in [1.82, 2.24) is 0 Å². The zero-order valence-corrected chi connectivity index (χ0v) is 11.3. The van der Waals surface area contributed by atoms with Crippen LogP contribution in [-0.4, -0.2) is 43.1 Å². The minimum Gasteiger partial charge on any atom is -0.385 e. The molecular weight excluding hydrogens is 202 g/mol. The van der Waals surface area contributed by atoms with Gasteiger partial charge in [0.15, 0.2) is 0 Å². The Balaban J connectivity index is 2.16. The number of piperidine rings is 1. The number of nitrogens with one attached hydrogen (secondary N) is 1. The van der Waals surface area contributed by atoms with Crippen LogP contribution in [0.5, 0.6) is 0 Å². The smallest absolute Gasteiger partial charge is 0.126 e. The first-order valence-corrected chi connectivity index (χ1v) is 6.52. The van der Waals surface area contributed by atoms with Crippen molar-refractivity contribution in [3.05, 3.63) is 0 Å². The van der Waals surface area contributed by atoms with Crippen LogP contribution >= 0.6 is 0 Å². The fourth-order valence-corrected chi connectivity index (χ4v) is 2.11. The summed E-state index contributed by atoms with van der Waals surface area (Å²) in [6, 6.07) is 0. The fourth-order valence-electron chi connectivity index (χ4n) is 2.11. The van der Waals surface area contributed by atoms with Gasteiger partial charge in [-0.25, -0.2) is 0 Å². The number of likely N-dealkylation sites (tertiary alicyclic amines) is 1. The van der Waals surface area contributed by atoms with Gasteiger partial charge in [-0.05, 0) is 39.5 Å². The highest BCUT2D eigenvalue weighted by molar-refractivity contribution is 4.62. The van der Waals surface area contributed by atoms with Crippen LogP contribution in [0.3, 0.4) is 0 Å². The highest BCUT2D eigenvalue weighted by atomic mass is 16.5. The molecule has 1 fully saturated rings. The van der Waals surface area contributed by atoms with Crippen LogP contribution in [0, 0.1) is 5.92 Å². The van der Waals surface area contributed by atoms with Gasteiger partial charge < -0.3 is 14.7 Å². The van der Waals surface area contributed by atoms with E-state index in [9.17, 15) is 5.11 Å². The van der Waals surface area contributed by atoms with Crippen LogP contribution < -0.4 is 4.90 Å². The second-order valence-corrected chi connectivity index (χ2v) is 6.21. The van der Waals surface area contributed by atoms with Crippen molar-refractivity contribution in [1.29, 1.82) is 0 Å². The number of quaternary nitrogens is 1. The highest BCUT2D eigenvalue weighted by Crippen LogP contribution is 2.08. The van der Waals surface area contributed by atoms with Crippen molar-refractivity contribution in [3.63, 3.8) is 0 Å². The Labute approximate surface area is 99.8 Å². The molecule has 0 radical (unpaired) electrons. The summed E-state index contributed by atoms with van der Waals surface area (Å²) >= 11 is 0. The normalized spacial score (nSPS) is 29.1. The van der Waals surface area contributed by atoms with Crippen molar-refractivity contribution in [2.45, 2.75) is 52.2 Å². The summed E-state index contributed by atoms with van der Waals surface area (Å²) in [5, 5.41) is 9.88. The average Bonchev–Trinajstić information content (AvgIpc) is 2.18. The topological polar surface area (TPSA) is 33.9 Å². The van der Waals surface area contributed by atoms with Gasteiger partial charge in [-0.2, -0.15) is 0 Å². The van der Waals surface area contributed by atoms with Gasteiger partial charge in [0.2, 0.25) is 0 Å². The summed E-state index contributed by atoms with van der Waals surface area (Å²) in [5.74, 6) is 0.867. The molecule has 1 aliphatic heterocycles. The third-order valence-corrected chi connectivity index (χ3v) is 3.21. The lowest BCUT2D eigenvalue weighted by Crippen LogP contribution is -3.14. The molecule has 1 aliphatic rings. The lowest BCUT2D eigenvalue weighted by Gasteiger charge is -2.29. The Bertz CT molecular complexity index is 193. The summed E-state index contributed by atoms with van der Waals surface area (Å²) < 4.78 is 5.59. The number of hydrogen-bond acceptors (Lipinski definition) is 2. The first kappa shape index (κ1) is 13.9. The molecule has 0 spiro atoms. The number of rotatable bonds is 4. The predicted molar refractivity (Wildman–Crippen MR) is 65.7 cm³/mol. The molecule has 0 saturated carbocycles. The molecular formula is C13H28NO2+. The van der Waals surface area contributed by atoms with E-state index >= 15 is 0 Å². The molecule has 96 valence electrons. The van der Waals surface area contributed by atoms with Crippen LogP contribution in [0.15, 0.2) is 0 Å². The van der Waals surface area contributed by atoms with E-state index in [4.69, 9.17) is 4.74 Å². The molecule has 0 aromatic heterocycles. The molecule has 0 bridgehead atoms. The predicted octanol–water partition coefficient (Wildman–Crippen LogP) is 0.477. The molecule has 0 aromatic rings. The summed E-state index contributed by atoms with van der Waals surface area (Å²) in [4.78, 5) is 1.53. The van der Waals surface area contributed by atoms with Gasteiger partial charge in [-0.15, -0.1) is 0 Å². The van der Waals surface area contributed by atoms with Gasteiger partial charge in [0.25, 0.3) is 0 Å². The van der Waals surface area contributed by atoms with Gasteiger partial charge in [0, 0.05) is 0 Å². The third-order valence-electron chi connectivity index (χ3n) is 3.21. The van der Waals surface area contributed by atoms with Crippen molar-refractivity contribution in [3.8, 4) is 0 Å². The Kier molecular flexibility index (Phi) is 5.22. The first-order chi connectivity index (χ1) is 7.37. The summed E-state index contributed by atoms with van der Waals surface area (Å²) in [6.45, 7) is 12.1. The van der Waals surface area contributed by atoms with Crippen molar-refractivity contribution in [2.75, 3.05) is 26.2 Å². The monoisotopic (exact) mass is 230 g/mol. The van der Waals surface area contributed by atoms with E-state index < -0.39 is 0 Å². The second kappa shape index (κ2) is 5.99. The second-order valence-electron chi connectivity index (χ2n) is 6.21. The maximum atomic E-state index is 9.88. The van der Waals surface area contributed by atoms with E-state index in [2.05, 4.69) is 6.92 Å². The SMILES string of the molecule is CC1CC[NH+](C[C@@H](O)COC(C)(C)C)CC1. The average molecular weight is 230 g/mol. The number of aliphatic hydroxyl groups excluding tert-OH is 1. The van der Waals surface area contributed by atoms with E-state index in [0.29, 0.717) is 6.61 Å². The van der Waals surface area contributed by atoms with Crippen molar-refractivity contribution < 1.29 is 14.7 Å². The van der Waals surface area contributed by atoms with Crippen LogP contribution in [0.1, 0.15) is 40.5 Å². The Morgan fingerprint density at radius 2 is 1.88 bits per heavy atom. The maximum absolute atomic E-state index is 9.88. The van der Waals surface area contributed by atoms with E-state index in [0.717, 1.165) is 12.5 Å². The van der Waals surface area contributed by atoms with Gasteiger partial charge in [0.1, 0.15) is 12.6 Å². The molecule has 0 aromatic carbocycles. The zero-order chi connectivity index (χ0) is 12.2. The Morgan fingerprint density at radius 3 is 2.38 bits per heavy atom. The Morgan fingerprint density at radius 1 is 1.31 bits per heavy atom. The van der Waals surface area contributed by atoms with Gasteiger partial charge in [-0.1, -0.05) is 6.92 Å². The molecule has 0 unspecified atom stereocenters. The van der Waals surface area contributed by atoms with E-state index in [-0.39, 0.29) is 11.7 Å². The lowest BCUT2D eigenvalue weighted by atomic mass is 9.99. The van der Waals surface area contributed by atoms with Gasteiger partial charge >= 0.3 is 0 Å². The molecule has 3 nitrogen and oxygen atoms in total.